The van der Waals surface area contributed by atoms with Crippen LogP contribution in [0.2, 0.25) is 0 Å². The highest BCUT2D eigenvalue weighted by atomic mass is 16.6. The molecule has 4 heteroatoms. The molecule has 0 radical (unpaired) electrons. The molecule has 0 fully saturated rings. The largest absolute Gasteiger partial charge is 0.461 e. The SMILES string of the molecule is CCOC(=O)/C(=N/OC)c1ccccc1C. The van der Waals surface area contributed by atoms with Crippen LogP contribution in [0.5, 0.6) is 0 Å². The standard InChI is InChI=1S/C12H15NO3/c1-4-16-12(14)11(13-15-3)10-8-6-5-7-9(10)2/h5-8H,4H2,1-3H3/b13-11+. The molecule has 16 heavy (non-hydrogen) atoms. The average molecular weight is 221 g/mol. The number of ether oxygens (including phenoxy) is 1. The lowest BCUT2D eigenvalue weighted by Gasteiger charge is -2.07. The quantitative estimate of drug-likeness (QED) is 0.443. The predicted octanol–water partition coefficient (Wildman–Crippen LogP) is 1.91. The van der Waals surface area contributed by atoms with Gasteiger partial charge in [-0.1, -0.05) is 29.4 Å². The highest BCUT2D eigenvalue weighted by molar-refractivity contribution is 6.43. The highest BCUT2D eigenvalue weighted by Crippen LogP contribution is 2.10. The number of oxime groups is 1. The summed E-state index contributed by atoms with van der Waals surface area (Å²) in [5, 5.41) is 3.72. The number of carbonyl (C=O) groups is 1. The third kappa shape index (κ3) is 2.82. The molecule has 0 unspecified atom stereocenters. The van der Waals surface area contributed by atoms with Gasteiger partial charge in [-0.2, -0.15) is 0 Å². The molecule has 0 aromatic heterocycles. The Morgan fingerprint density at radius 2 is 2.06 bits per heavy atom. The molecule has 86 valence electrons. The van der Waals surface area contributed by atoms with E-state index in [0.717, 1.165) is 11.1 Å². The van der Waals surface area contributed by atoms with Crippen molar-refractivity contribution in [2.24, 2.45) is 5.16 Å². The number of rotatable bonds is 4. The smallest absolute Gasteiger partial charge is 0.361 e. The first-order chi connectivity index (χ1) is 7.70. The van der Waals surface area contributed by atoms with E-state index in [1.165, 1.54) is 7.11 Å². The molecule has 0 atom stereocenters. The summed E-state index contributed by atoms with van der Waals surface area (Å²) in [6, 6.07) is 7.45. The van der Waals surface area contributed by atoms with Gasteiger partial charge in [-0.25, -0.2) is 4.79 Å². The molecule has 0 saturated carbocycles. The topological polar surface area (TPSA) is 47.9 Å². The lowest BCUT2D eigenvalue weighted by molar-refractivity contribution is -0.135. The third-order valence-corrected chi connectivity index (χ3v) is 2.05. The van der Waals surface area contributed by atoms with Crippen LogP contribution in [0, 0.1) is 6.92 Å². The summed E-state index contributed by atoms with van der Waals surface area (Å²) < 4.78 is 4.92. The minimum Gasteiger partial charge on any atom is -0.461 e. The molecular formula is C12H15NO3. The Morgan fingerprint density at radius 3 is 2.62 bits per heavy atom. The van der Waals surface area contributed by atoms with Crippen molar-refractivity contribution >= 4 is 11.7 Å². The van der Waals surface area contributed by atoms with Gasteiger partial charge in [0.25, 0.3) is 0 Å². The summed E-state index contributed by atoms with van der Waals surface area (Å²) in [6.07, 6.45) is 0. The lowest BCUT2D eigenvalue weighted by Crippen LogP contribution is -2.20. The Bertz CT molecular complexity index is 399. The van der Waals surface area contributed by atoms with Crippen molar-refractivity contribution in [1.82, 2.24) is 0 Å². The van der Waals surface area contributed by atoms with Crippen molar-refractivity contribution < 1.29 is 14.4 Å². The Hall–Kier alpha value is -1.84. The number of esters is 1. The van der Waals surface area contributed by atoms with E-state index in [4.69, 9.17) is 4.74 Å². The first-order valence-electron chi connectivity index (χ1n) is 5.05. The molecule has 0 saturated heterocycles. The van der Waals surface area contributed by atoms with Gasteiger partial charge in [0, 0.05) is 5.56 Å². The molecule has 1 rings (SSSR count). The van der Waals surface area contributed by atoms with Crippen molar-refractivity contribution in [2.75, 3.05) is 13.7 Å². The second-order valence-corrected chi connectivity index (χ2v) is 3.16. The average Bonchev–Trinajstić information content (AvgIpc) is 2.27. The maximum atomic E-state index is 11.7. The van der Waals surface area contributed by atoms with Gasteiger partial charge in [0.05, 0.1) is 6.61 Å². The third-order valence-electron chi connectivity index (χ3n) is 2.05. The van der Waals surface area contributed by atoms with Crippen LogP contribution in [0.1, 0.15) is 18.1 Å². The van der Waals surface area contributed by atoms with Crippen molar-refractivity contribution in [3.05, 3.63) is 35.4 Å². The summed E-state index contributed by atoms with van der Waals surface area (Å²) in [6.45, 7) is 3.97. The first kappa shape index (κ1) is 12.2. The van der Waals surface area contributed by atoms with E-state index < -0.39 is 5.97 Å². The Labute approximate surface area is 94.9 Å². The monoisotopic (exact) mass is 221 g/mol. The second-order valence-electron chi connectivity index (χ2n) is 3.16. The van der Waals surface area contributed by atoms with Crippen molar-refractivity contribution in [1.29, 1.82) is 0 Å². The van der Waals surface area contributed by atoms with Crippen LogP contribution >= 0.6 is 0 Å². The summed E-state index contributed by atoms with van der Waals surface area (Å²) in [5.41, 5.74) is 1.87. The highest BCUT2D eigenvalue weighted by Gasteiger charge is 2.17. The number of carbonyl (C=O) groups excluding carboxylic acids is 1. The molecule has 1 aromatic rings. The van der Waals surface area contributed by atoms with E-state index in [1.807, 2.05) is 31.2 Å². The number of hydrogen-bond donors (Lipinski definition) is 0. The maximum Gasteiger partial charge on any atom is 0.361 e. The predicted molar refractivity (Wildman–Crippen MR) is 61.4 cm³/mol. The molecule has 0 N–H and O–H groups in total. The summed E-state index contributed by atoms with van der Waals surface area (Å²) in [4.78, 5) is 16.3. The van der Waals surface area contributed by atoms with E-state index in [1.54, 1.807) is 6.92 Å². The summed E-state index contributed by atoms with van der Waals surface area (Å²) in [7, 11) is 1.40. The zero-order valence-corrected chi connectivity index (χ0v) is 9.69. The normalized spacial score (nSPS) is 11.1. The van der Waals surface area contributed by atoms with Crippen LogP contribution < -0.4 is 0 Å². The Kier molecular flexibility index (Phi) is 4.51. The molecule has 0 amide bonds. The molecular weight excluding hydrogens is 206 g/mol. The van der Waals surface area contributed by atoms with Gasteiger partial charge < -0.3 is 9.57 Å². The summed E-state index contributed by atoms with van der Waals surface area (Å²) in [5.74, 6) is -0.473. The van der Waals surface area contributed by atoms with Crippen LogP contribution in [-0.4, -0.2) is 25.4 Å². The van der Waals surface area contributed by atoms with E-state index in [2.05, 4.69) is 9.99 Å². The first-order valence-corrected chi connectivity index (χ1v) is 5.05. The van der Waals surface area contributed by atoms with Crippen LogP contribution in [-0.2, 0) is 14.4 Å². The van der Waals surface area contributed by atoms with Gasteiger partial charge in [-0.05, 0) is 19.4 Å². The van der Waals surface area contributed by atoms with Crippen LogP contribution in [0.15, 0.2) is 29.4 Å². The molecule has 0 heterocycles. The zero-order chi connectivity index (χ0) is 12.0. The van der Waals surface area contributed by atoms with Crippen LogP contribution in [0.3, 0.4) is 0 Å². The van der Waals surface area contributed by atoms with Crippen molar-refractivity contribution in [3.8, 4) is 0 Å². The van der Waals surface area contributed by atoms with E-state index in [9.17, 15) is 4.79 Å². The molecule has 4 nitrogen and oxygen atoms in total. The van der Waals surface area contributed by atoms with E-state index >= 15 is 0 Å². The van der Waals surface area contributed by atoms with E-state index in [-0.39, 0.29) is 5.71 Å². The molecule has 1 aromatic carbocycles. The van der Waals surface area contributed by atoms with Gasteiger partial charge in [0.15, 0.2) is 5.71 Å². The fraction of sp³-hybridized carbons (Fsp3) is 0.333. The number of benzene rings is 1. The molecule has 0 aliphatic carbocycles. The fourth-order valence-corrected chi connectivity index (χ4v) is 1.33. The minimum absolute atomic E-state index is 0.197. The molecule has 0 aliphatic rings. The van der Waals surface area contributed by atoms with Crippen molar-refractivity contribution in [2.45, 2.75) is 13.8 Å². The molecule has 0 aliphatic heterocycles. The number of aryl methyl sites for hydroxylation is 1. The van der Waals surface area contributed by atoms with Crippen molar-refractivity contribution in [3.63, 3.8) is 0 Å². The van der Waals surface area contributed by atoms with Gasteiger partial charge >= 0.3 is 5.97 Å². The van der Waals surface area contributed by atoms with Gasteiger partial charge in [-0.3, -0.25) is 0 Å². The molecule has 0 bridgehead atoms. The Morgan fingerprint density at radius 1 is 1.38 bits per heavy atom. The Balaban J connectivity index is 3.09. The number of nitrogens with zero attached hydrogens (tertiary/aromatic N) is 1. The number of hydrogen-bond acceptors (Lipinski definition) is 4. The summed E-state index contributed by atoms with van der Waals surface area (Å²) >= 11 is 0. The minimum atomic E-state index is -0.473. The molecule has 0 spiro atoms. The maximum absolute atomic E-state index is 11.7. The van der Waals surface area contributed by atoms with E-state index in [0.29, 0.717) is 6.61 Å². The van der Waals surface area contributed by atoms with Crippen LogP contribution in [0.4, 0.5) is 0 Å². The lowest BCUT2D eigenvalue weighted by atomic mass is 10.0. The fourth-order valence-electron chi connectivity index (χ4n) is 1.33. The van der Waals surface area contributed by atoms with Crippen LogP contribution in [0.25, 0.3) is 0 Å². The van der Waals surface area contributed by atoms with Gasteiger partial charge in [0.2, 0.25) is 0 Å². The van der Waals surface area contributed by atoms with Gasteiger partial charge in [0.1, 0.15) is 7.11 Å². The van der Waals surface area contributed by atoms with Gasteiger partial charge in [-0.15, -0.1) is 0 Å². The zero-order valence-electron chi connectivity index (χ0n) is 9.69. The second kappa shape index (κ2) is 5.90.